The third-order valence-corrected chi connectivity index (χ3v) is 6.10. The zero-order chi connectivity index (χ0) is 18.9. The van der Waals surface area contributed by atoms with Gasteiger partial charge in [0.05, 0.1) is 16.1 Å². The van der Waals surface area contributed by atoms with E-state index in [0.29, 0.717) is 16.8 Å². The second-order valence-electron chi connectivity index (χ2n) is 5.53. The van der Waals surface area contributed by atoms with Crippen LogP contribution in [0.2, 0.25) is 0 Å². The highest BCUT2D eigenvalue weighted by atomic mass is 127. The van der Waals surface area contributed by atoms with Gasteiger partial charge in [-0.25, -0.2) is 12.4 Å². The SMILES string of the molecule is C/C(=N/N=C(N)N)c1cn(S(=O)(=O)c2ccccc2)c2ccc(I)cc12. The van der Waals surface area contributed by atoms with Crippen molar-refractivity contribution in [3.05, 3.63) is 63.9 Å². The predicted molar refractivity (Wildman–Crippen MR) is 112 cm³/mol. The second kappa shape index (κ2) is 7.08. The van der Waals surface area contributed by atoms with E-state index in [2.05, 4.69) is 32.8 Å². The monoisotopic (exact) mass is 481 g/mol. The van der Waals surface area contributed by atoms with Gasteiger partial charge in [-0.2, -0.15) is 5.10 Å². The molecule has 3 rings (SSSR count). The van der Waals surface area contributed by atoms with Gasteiger partial charge in [0, 0.05) is 20.7 Å². The molecule has 0 aliphatic rings. The number of nitrogens with zero attached hydrogens (tertiary/aromatic N) is 3. The highest BCUT2D eigenvalue weighted by molar-refractivity contribution is 14.1. The zero-order valence-electron chi connectivity index (χ0n) is 13.8. The van der Waals surface area contributed by atoms with Gasteiger partial charge in [0.25, 0.3) is 10.0 Å². The largest absolute Gasteiger partial charge is 0.369 e. The summed E-state index contributed by atoms with van der Waals surface area (Å²) in [7, 11) is -3.75. The van der Waals surface area contributed by atoms with Crippen LogP contribution in [-0.2, 0) is 10.0 Å². The molecule has 0 saturated heterocycles. The molecule has 2 aromatic carbocycles. The third-order valence-electron chi connectivity index (χ3n) is 3.74. The van der Waals surface area contributed by atoms with E-state index in [1.165, 1.54) is 3.97 Å². The molecular formula is C17H16IN5O2S. The van der Waals surface area contributed by atoms with Gasteiger partial charge in [0.15, 0.2) is 0 Å². The summed E-state index contributed by atoms with van der Waals surface area (Å²) in [5.74, 6) is -0.167. The van der Waals surface area contributed by atoms with Crippen LogP contribution in [0.3, 0.4) is 0 Å². The number of halogens is 1. The summed E-state index contributed by atoms with van der Waals surface area (Å²) >= 11 is 2.18. The Hall–Kier alpha value is -2.40. The first-order chi connectivity index (χ1) is 12.3. The molecule has 0 saturated carbocycles. The van der Waals surface area contributed by atoms with E-state index >= 15 is 0 Å². The Bertz CT molecular complexity index is 1130. The van der Waals surface area contributed by atoms with Crippen molar-refractivity contribution in [3.8, 4) is 0 Å². The topological polar surface area (TPSA) is 116 Å². The van der Waals surface area contributed by atoms with Crippen molar-refractivity contribution in [1.29, 1.82) is 0 Å². The molecule has 7 nitrogen and oxygen atoms in total. The molecule has 0 bridgehead atoms. The molecule has 1 heterocycles. The van der Waals surface area contributed by atoms with E-state index in [-0.39, 0.29) is 10.9 Å². The van der Waals surface area contributed by atoms with Crippen LogP contribution < -0.4 is 11.5 Å². The van der Waals surface area contributed by atoms with Gasteiger partial charge in [0.1, 0.15) is 0 Å². The molecule has 0 aliphatic heterocycles. The average Bonchev–Trinajstić information content (AvgIpc) is 3.00. The van der Waals surface area contributed by atoms with E-state index in [9.17, 15) is 8.42 Å². The second-order valence-corrected chi connectivity index (χ2v) is 8.59. The van der Waals surface area contributed by atoms with Crippen LogP contribution in [0.5, 0.6) is 0 Å². The van der Waals surface area contributed by atoms with Crippen LogP contribution in [0, 0.1) is 3.57 Å². The molecular weight excluding hydrogens is 465 g/mol. The van der Waals surface area contributed by atoms with Crippen molar-refractivity contribution in [2.45, 2.75) is 11.8 Å². The summed E-state index contributed by atoms with van der Waals surface area (Å²) in [5.41, 5.74) is 12.4. The van der Waals surface area contributed by atoms with Gasteiger partial charge in [-0.15, -0.1) is 5.10 Å². The summed E-state index contributed by atoms with van der Waals surface area (Å²) < 4.78 is 28.4. The number of fused-ring (bicyclic) bond motifs is 1. The number of aromatic nitrogens is 1. The zero-order valence-corrected chi connectivity index (χ0v) is 16.8. The van der Waals surface area contributed by atoms with Gasteiger partial charge in [-0.05, 0) is 59.8 Å². The fourth-order valence-corrected chi connectivity index (χ4v) is 4.43. The van der Waals surface area contributed by atoms with Crippen LogP contribution in [0.4, 0.5) is 0 Å². The lowest BCUT2D eigenvalue weighted by Gasteiger charge is -2.07. The van der Waals surface area contributed by atoms with Crippen molar-refractivity contribution in [2.24, 2.45) is 21.7 Å². The molecule has 0 atom stereocenters. The number of hydrogen-bond acceptors (Lipinski definition) is 4. The molecule has 1 aromatic heterocycles. The Labute approximate surface area is 164 Å². The third kappa shape index (κ3) is 3.44. The lowest BCUT2D eigenvalue weighted by atomic mass is 10.1. The van der Waals surface area contributed by atoms with Crippen LogP contribution in [0.15, 0.2) is 69.8 Å². The molecule has 3 aromatic rings. The fourth-order valence-electron chi connectivity index (χ4n) is 2.55. The Balaban J connectivity index is 2.29. The average molecular weight is 481 g/mol. The first kappa shape index (κ1) is 18.4. The number of guanidine groups is 1. The molecule has 4 N–H and O–H groups in total. The minimum atomic E-state index is -3.75. The van der Waals surface area contributed by atoms with E-state index < -0.39 is 10.0 Å². The lowest BCUT2D eigenvalue weighted by Crippen LogP contribution is -2.22. The Morgan fingerprint density at radius 2 is 1.77 bits per heavy atom. The fraction of sp³-hybridized carbons (Fsp3) is 0.0588. The van der Waals surface area contributed by atoms with Crippen molar-refractivity contribution in [3.63, 3.8) is 0 Å². The van der Waals surface area contributed by atoms with Crippen molar-refractivity contribution in [2.75, 3.05) is 0 Å². The maximum atomic E-state index is 13.1. The number of hydrogen-bond donors (Lipinski definition) is 2. The lowest BCUT2D eigenvalue weighted by molar-refractivity contribution is 0.589. The van der Waals surface area contributed by atoms with Crippen molar-refractivity contribution >= 4 is 55.2 Å². The maximum Gasteiger partial charge on any atom is 0.268 e. The highest BCUT2D eigenvalue weighted by Crippen LogP contribution is 2.28. The normalized spacial score (nSPS) is 12.3. The highest BCUT2D eigenvalue weighted by Gasteiger charge is 2.22. The van der Waals surface area contributed by atoms with E-state index in [1.54, 1.807) is 49.5 Å². The Kier molecular flexibility index (Phi) is 5.01. The molecule has 0 unspecified atom stereocenters. The summed E-state index contributed by atoms with van der Waals surface area (Å²) in [6.07, 6.45) is 1.55. The molecule has 26 heavy (non-hydrogen) atoms. The van der Waals surface area contributed by atoms with Crippen LogP contribution in [0.1, 0.15) is 12.5 Å². The molecule has 9 heteroatoms. The van der Waals surface area contributed by atoms with E-state index in [0.717, 1.165) is 8.96 Å². The van der Waals surface area contributed by atoms with Gasteiger partial charge in [0.2, 0.25) is 5.96 Å². The molecule has 0 amide bonds. The van der Waals surface area contributed by atoms with Crippen LogP contribution >= 0.6 is 22.6 Å². The van der Waals surface area contributed by atoms with Crippen LogP contribution in [0.25, 0.3) is 10.9 Å². The number of benzene rings is 2. The van der Waals surface area contributed by atoms with E-state index in [1.807, 2.05) is 12.1 Å². The quantitative estimate of drug-likeness (QED) is 0.258. The van der Waals surface area contributed by atoms with Gasteiger partial charge >= 0.3 is 0 Å². The summed E-state index contributed by atoms with van der Waals surface area (Å²) in [4.78, 5) is 0.209. The minimum absolute atomic E-state index is 0.167. The standard InChI is InChI=1S/C17H16IN5O2S/c1-11(21-22-17(19)20)15-10-23(16-8-7-12(18)9-14(15)16)26(24,25)13-5-3-2-4-6-13/h2-10H,1H3,(H4,19,20,22)/b21-11-. The summed E-state index contributed by atoms with van der Waals surface area (Å²) in [6, 6.07) is 13.8. The van der Waals surface area contributed by atoms with Gasteiger partial charge in [-0.1, -0.05) is 18.2 Å². The molecule has 0 radical (unpaired) electrons. The van der Waals surface area contributed by atoms with Gasteiger partial charge in [-0.3, -0.25) is 0 Å². The number of nitrogens with two attached hydrogens (primary N) is 2. The molecule has 0 fully saturated rings. The van der Waals surface area contributed by atoms with Gasteiger partial charge < -0.3 is 11.5 Å². The summed E-state index contributed by atoms with van der Waals surface area (Å²) in [6.45, 7) is 1.72. The van der Waals surface area contributed by atoms with E-state index in [4.69, 9.17) is 11.5 Å². The molecule has 0 aliphatic carbocycles. The molecule has 0 spiro atoms. The molecule has 134 valence electrons. The predicted octanol–water partition coefficient (Wildman–Crippen LogP) is 2.48. The first-order valence-electron chi connectivity index (χ1n) is 7.55. The maximum absolute atomic E-state index is 13.1. The van der Waals surface area contributed by atoms with Crippen LogP contribution in [-0.4, -0.2) is 24.1 Å². The number of rotatable bonds is 4. The van der Waals surface area contributed by atoms with Crippen molar-refractivity contribution < 1.29 is 8.42 Å². The Morgan fingerprint density at radius 1 is 1.08 bits per heavy atom. The smallest absolute Gasteiger partial charge is 0.268 e. The van der Waals surface area contributed by atoms with Crippen molar-refractivity contribution in [1.82, 2.24) is 3.97 Å². The Morgan fingerprint density at radius 3 is 2.42 bits per heavy atom. The summed E-state index contributed by atoms with van der Waals surface area (Å²) in [5, 5.41) is 8.40. The first-order valence-corrected chi connectivity index (χ1v) is 10.1. The minimum Gasteiger partial charge on any atom is -0.369 e.